The molecule has 4 aromatic rings. The molecule has 0 aliphatic carbocycles. The molecular formula is C42H53FN6O6S. The molecule has 4 heterocycles. The lowest BCUT2D eigenvalue weighted by atomic mass is 9.93. The number of aromatic nitrogens is 3. The van der Waals surface area contributed by atoms with Gasteiger partial charge < -0.3 is 33.6 Å². The highest BCUT2D eigenvalue weighted by Gasteiger charge is 2.26. The number of hydrogen-bond acceptors (Lipinski definition) is 11. The smallest absolute Gasteiger partial charge is 0.251 e. The van der Waals surface area contributed by atoms with Gasteiger partial charge in [-0.2, -0.15) is 17.0 Å². The first-order valence-electron chi connectivity index (χ1n) is 19.7. The summed E-state index contributed by atoms with van der Waals surface area (Å²) >= 11 is 1.99. The second kappa shape index (κ2) is 22.0. The van der Waals surface area contributed by atoms with Crippen LogP contribution in [0.15, 0.2) is 54.6 Å². The van der Waals surface area contributed by atoms with Gasteiger partial charge in [0, 0.05) is 53.8 Å². The average Bonchev–Trinajstić information content (AvgIpc) is 3.54. The number of piperidine rings is 1. The molecule has 0 spiro atoms. The van der Waals surface area contributed by atoms with E-state index in [9.17, 15) is 9.18 Å². The van der Waals surface area contributed by atoms with Gasteiger partial charge in [-0.1, -0.05) is 19.1 Å². The van der Waals surface area contributed by atoms with E-state index in [0.29, 0.717) is 75.0 Å². The van der Waals surface area contributed by atoms with Crippen molar-refractivity contribution in [1.82, 2.24) is 24.8 Å². The van der Waals surface area contributed by atoms with Crippen LogP contribution in [-0.2, 0) is 38.6 Å². The van der Waals surface area contributed by atoms with Gasteiger partial charge in [0.15, 0.2) is 0 Å². The average molecular weight is 789 g/mol. The number of thioether (sulfide) groups is 1. The zero-order chi connectivity index (χ0) is 39.0. The third-order valence-electron chi connectivity index (χ3n) is 9.94. The standard InChI is InChI=1S/C42H53FN6O6S/c1-2-16-51-18-20-53-22-23-54-21-19-52-17-13-45-42(50)33-8-9-38-39(26-33)49(28-35-12-24-56-35)40(46-38)29-48-14-10-32(11-15-48)37-4-3-5-41(47-37)55-30-34-7-6-31(27-44)25-36(34)43/h3-9,25-26,32,35H,2,10-24,28-30H2,1H3,(H,45,50). The molecule has 2 aromatic carbocycles. The Bertz CT molecular complexity index is 1890. The van der Waals surface area contributed by atoms with Crippen LogP contribution in [0.25, 0.3) is 11.0 Å². The minimum absolute atomic E-state index is 0.0399. The van der Waals surface area contributed by atoms with Gasteiger partial charge in [-0.15, -0.1) is 0 Å². The summed E-state index contributed by atoms with van der Waals surface area (Å²) in [4.78, 5) is 25.4. The highest BCUT2D eigenvalue weighted by Crippen LogP contribution is 2.33. The number of rotatable bonds is 23. The lowest BCUT2D eigenvalue weighted by Crippen LogP contribution is -2.34. The molecule has 2 aromatic heterocycles. The summed E-state index contributed by atoms with van der Waals surface area (Å²) in [6.07, 6.45) is 4.08. The van der Waals surface area contributed by atoms with Crippen molar-refractivity contribution in [3.05, 3.63) is 88.6 Å². The van der Waals surface area contributed by atoms with Crippen LogP contribution in [0.2, 0.25) is 0 Å². The molecule has 2 fully saturated rings. The number of nitriles is 1. The number of hydrogen-bond donors (Lipinski definition) is 1. The Morgan fingerprint density at radius 3 is 2.34 bits per heavy atom. The highest BCUT2D eigenvalue weighted by atomic mass is 32.2. The van der Waals surface area contributed by atoms with E-state index < -0.39 is 5.82 Å². The van der Waals surface area contributed by atoms with Crippen LogP contribution >= 0.6 is 11.8 Å². The van der Waals surface area contributed by atoms with Crippen LogP contribution < -0.4 is 10.1 Å². The van der Waals surface area contributed by atoms with E-state index in [0.717, 1.165) is 74.6 Å². The van der Waals surface area contributed by atoms with Gasteiger partial charge >= 0.3 is 0 Å². The number of fused-ring (bicyclic) bond motifs is 1. The van der Waals surface area contributed by atoms with E-state index in [1.807, 2.05) is 48.2 Å². The van der Waals surface area contributed by atoms with Gasteiger partial charge in [0.1, 0.15) is 18.2 Å². The number of benzene rings is 2. The summed E-state index contributed by atoms with van der Waals surface area (Å²) < 4.78 is 44.6. The summed E-state index contributed by atoms with van der Waals surface area (Å²) in [5, 5.41) is 12.5. The molecule has 0 bridgehead atoms. The Balaban J connectivity index is 0.959. The summed E-state index contributed by atoms with van der Waals surface area (Å²) in [5.41, 5.74) is 4.13. The van der Waals surface area contributed by atoms with Crippen molar-refractivity contribution >= 4 is 28.7 Å². The van der Waals surface area contributed by atoms with Crippen molar-refractivity contribution in [3.8, 4) is 11.9 Å². The molecule has 0 radical (unpaired) electrons. The molecule has 6 rings (SSSR count). The SMILES string of the molecule is CCCOCCOCCOCCOCCNC(=O)c1ccc2nc(CN3CCC(c4cccc(OCc5ccc(C#N)cc5F)n4)CC3)n(CC3CCS3)c2c1. The zero-order valence-corrected chi connectivity index (χ0v) is 33.1. The first kappa shape index (κ1) is 41.5. The largest absolute Gasteiger partial charge is 0.473 e. The lowest BCUT2D eigenvalue weighted by molar-refractivity contribution is -0.00131. The summed E-state index contributed by atoms with van der Waals surface area (Å²) in [6, 6.07) is 17.9. The molecule has 14 heteroatoms. The molecule has 56 heavy (non-hydrogen) atoms. The summed E-state index contributed by atoms with van der Waals surface area (Å²) in [7, 11) is 0. The van der Waals surface area contributed by atoms with E-state index in [1.165, 1.54) is 18.2 Å². The number of halogens is 1. The van der Waals surface area contributed by atoms with Crippen LogP contribution in [0.3, 0.4) is 0 Å². The number of amides is 1. The fourth-order valence-electron chi connectivity index (χ4n) is 6.73. The van der Waals surface area contributed by atoms with E-state index in [4.69, 9.17) is 38.9 Å². The molecular weight excluding hydrogens is 736 g/mol. The van der Waals surface area contributed by atoms with Crippen LogP contribution in [0.1, 0.15) is 71.5 Å². The predicted octanol–water partition coefficient (Wildman–Crippen LogP) is 6.11. The topological polar surface area (TPSA) is 133 Å². The lowest BCUT2D eigenvalue weighted by Gasteiger charge is -2.32. The highest BCUT2D eigenvalue weighted by molar-refractivity contribution is 8.01. The summed E-state index contributed by atoms with van der Waals surface area (Å²) in [5.74, 6) is 2.35. The second-order valence-corrected chi connectivity index (χ2v) is 15.4. The number of pyridine rings is 1. The Labute approximate surface area is 333 Å². The van der Waals surface area contributed by atoms with Crippen molar-refractivity contribution < 1.29 is 32.9 Å². The van der Waals surface area contributed by atoms with E-state index >= 15 is 0 Å². The van der Waals surface area contributed by atoms with Crippen molar-refractivity contribution in [3.63, 3.8) is 0 Å². The van der Waals surface area contributed by atoms with Gasteiger partial charge in [0.05, 0.1) is 75.5 Å². The normalized spacial score (nSPS) is 16.1. The van der Waals surface area contributed by atoms with Crippen molar-refractivity contribution in [2.75, 3.05) is 78.2 Å². The number of likely N-dealkylation sites (tertiary alicyclic amines) is 1. The molecule has 2 aliphatic rings. The minimum Gasteiger partial charge on any atom is -0.473 e. The monoisotopic (exact) mass is 788 g/mol. The Morgan fingerprint density at radius 1 is 0.929 bits per heavy atom. The minimum atomic E-state index is -0.462. The second-order valence-electron chi connectivity index (χ2n) is 14.0. The number of imidazole rings is 1. The fourth-order valence-corrected chi connectivity index (χ4v) is 7.55. The van der Waals surface area contributed by atoms with Crippen molar-refractivity contribution in [1.29, 1.82) is 5.26 Å². The number of nitrogens with zero attached hydrogens (tertiary/aromatic N) is 5. The Hall–Kier alpha value is -4.10. The quantitative estimate of drug-likeness (QED) is 0.0874. The predicted molar refractivity (Wildman–Crippen MR) is 213 cm³/mol. The molecule has 1 atom stereocenters. The fraction of sp³-hybridized carbons (Fsp3) is 0.524. The first-order chi connectivity index (χ1) is 27.5. The van der Waals surface area contributed by atoms with Gasteiger partial charge in [-0.05, 0) is 80.9 Å². The Kier molecular flexibility index (Phi) is 16.3. The molecule has 12 nitrogen and oxygen atoms in total. The molecule has 1 amide bonds. The molecule has 1 N–H and O–H groups in total. The zero-order valence-electron chi connectivity index (χ0n) is 32.3. The van der Waals surface area contributed by atoms with Gasteiger partial charge in [-0.3, -0.25) is 9.69 Å². The van der Waals surface area contributed by atoms with Crippen LogP contribution in [0.4, 0.5) is 4.39 Å². The van der Waals surface area contributed by atoms with Crippen molar-refractivity contribution in [2.45, 2.75) is 63.5 Å². The van der Waals surface area contributed by atoms with Crippen LogP contribution in [-0.4, -0.2) is 109 Å². The Morgan fingerprint density at radius 2 is 1.66 bits per heavy atom. The van der Waals surface area contributed by atoms with Crippen LogP contribution in [0.5, 0.6) is 5.88 Å². The number of carbonyl (C=O) groups is 1. The molecule has 0 saturated carbocycles. The van der Waals surface area contributed by atoms with E-state index in [2.05, 4.69) is 21.7 Å². The number of carbonyl (C=O) groups excluding carboxylic acids is 1. The molecule has 300 valence electrons. The summed E-state index contributed by atoms with van der Waals surface area (Å²) in [6.45, 7) is 10.2. The van der Waals surface area contributed by atoms with Crippen molar-refractivity contribution in [2.24, 2.45) is 0 Å². The third-order valence-corrected chi connectivity index (χ3v) is 11.3. The maximum Gasteiger partial charge on any atom is 0.251 e. The van der Waals surface area contributed by atoms with Gasteiger partial charge in [-0.25, -0.2) is 14.4 Å². The van der Waals surface area contributed by atoms with E-state index in [-0.39, 0.29) is 24.0 Å². The first-order valence-corrected chi connectivity index (χ1v) is 20.8. The maximum atomic E-state index is 14.4. The molecule has 2 aliphatic heterocycles. The van der Waals surface area contributed by atoms with Gasteiger partial charge in [0.25, 0.3) is 5.91 Å². The maximum absolute atomic E-state index is 14.4. The third kappa shape index (κ3) is 12.2. The van der Waals surface area contributed by atoms with Gasteiger partial charge in [0.2, 0.25) is 5.88 Å². The van der Waals surface area contributed by atoms with Crippen LogP contribution in [0, 0.1) is 17.1 Å². The molecule has 1 unspecified atom stereocenters. The van der Waals surface area contributed by atoms with E-state index in [1.54, 1.807) is 18.2 Å². The number of ether oxygens (including phenoxy) is 5. The number of nitrogens with one attached hydrogen (secondary N) is 1. The molecule has 2 saturated heterocycles.